The highest BCUT2D eigenvalue weighted by atomic mass is 35.5. The summed E-state index contributed by atoms with van der Waals surface area (Å²) in [6.45, 7) is 6.06. The average molecular weight is 430 g/mol. The number of nitrogens with zero attached hydrogens (tertiary/aromatic N) is 2. The zero-order valence-corrected chi connectivity index (χ0v) is 18.1. The molecule has 1 atom stereocenters. The van der Waals surface area contributed by atoms with Gasteiger partial charge in [-0.05, 0) is 43.2 Å². The molecule has 1 unspecified atom stereocenters. The maximum atomic E-state index is 13.5. The molecule has 0 spiro atoms. The van der Waals surface area contributed by atoms with Crippen LogP contribution >= 0.6 is 11.6 Å². The highest BCUT2D eigenvalue weighted by Crippen LogP contribution is 2.20. The molecule has 30 heavy (non-hydrogen) atoms. The standard InChI is InChI=1S/C22H24ClN3O4/c1-13(2)12-24-20(27)14(3)25-19-10-15(23)8-9-18(19)21(28)26(22(25)29)16-6-5-7-17(11-16)30-4/h5-11,13-14H,12H2,1-4H3,(H,24,27). The Bertz CT molecular complexity index is 1210. The lowest BCUT2D eigenvalue weighted by molar-refractivity contribution is -0.124. The van der Waals surface area contributed by atoms with Crippen LogP contribution < -0.4 is 21.3 Å². The Hall–Kier alpha value is -3.06. The Morgan fingerprint density at radius 1 is 1.13 bits per heavy atom. The summed E-state index contributed by atoms with van der Waals surface area (Å²) in [4.78, 5) is 39.4. The van der Waals surface area contributed by atoms with Crippen LogP contribution in [0.5, 0.6) is 5.75 Å². The monoisotopic (exact) mass is 429 g/mol. The second-order valence-corrected chi connectivity index (χ2v) is 7.91. The SMILES string of the molecule is COc1cccc(-n2c(=O)c3ccc(Cl)cc3n(C(C)C(=O)NCC(C)C)c2=O)c1. The van der Waals surface area contributed by atoms with Crippen LogP contribution in [0.25, 0.3) is 16.6 Å². The Labute approximate surface area is 178 Å². The van der Waals surface area contributed by atoms with Gasteiger partial charge in [-0.2, -0.15) is 0 Å². The molecule has 0 aliphatic carbocycles. The molecule has 0 saturated heterocycles. The molecule has 0 aliphatic heterocycles. The van der Waals surface area contributed by atoms with Gasteiger partial charge in [-0.15, -0.1) is 0 Å². The van der Waals surface area contributed by atoms with Gasteiger partial charge in [-0.3, -0.25) is 14.2 Å². The summed E-state index contributed by atoms with van der Waals surface area (Å²) in [7, 11) is 1.50. The highest BCUT2D eigenvalue weighted by Gasteiger charge is 2.23. The molecule has 0 fully saturated rings. The molecule has 0 bridgehead atoms. The predicted octanol–water partition coefficient (Wildman–Crippen LogP) is 3.15. The number of rotatable bonds is 6. The molecule has 3 rings (SSSR count). The van der Waals surface area contributed by atoms with Gasteiger partial charge in [0.1, 0.15) is 11.8 Å². The maximum Gasteiger partial charge on any atom is 0.336 e. The molecular weight excluding hydrogens is 406 g/mol. The van der Waals surface area contributed by atoms with E-state index in [1.807, 2.05) is 13.8 Å². The van der Waals surface area contributed by atoms with Gasteiger partial charge in [0.25, 0.3) is 5.56 Å². The summed E-state index contributed by atoms with van der Waals surface area (Å²) < 4.78 is 7.57. The molecule has 7 nitrogen and oxygen atoms in total. The van der Waals surface area contributed by atoms with E-state index in [2.05, 4.69) is 5.32 Å². The van der Waals surface area contributed by atoms with E-state index in [9.17, 15) is 14.4 Å². The van der Waals surface area contributed by atoms with Crippen molar-refractivity contribution in [1.82, 2.24) is 14.5 Å². The molecule has 1 heterocycles. The molecule has 0 saturated carbocycles. The maximum absolute atomic E-state index is 13.5. The minimum atomic E-state index is -0.852. The van der Waals surface area contributed by atoms with E-state index in [-0.39, 0.29) is 17.2 Å². The first-order valence-electron chi connectivity index (χ1n) is 9.63. The third-order valence-corrected chi connectivity index (χ3v) is 5.05. The predicted molar refractivity (Wildman–Crippen MR) is 118 cm³/mol. The normalized spacial score (nSPS) is 12.2. The average Bonchev–Trinajstić information content (AvgIpc) is 2.71. The highest BCUT2D eigenvalue weighted by molar-refractivity contribution is 6.31. The van der Waals surface area contributed by atoms with Gasteiger partial charge in [0, 0.05) is 17.6 Å². The minimum Gasteiger partial charge on any atom is -0.497 e. The summed E-state index contributed by atoms with van der Waals surface area (Å²) in [5.74, 6) is 0.446. The van der Waals surface area contributed by atoms with E-state index in [4.69, 9.17) is 16.3 Å². The lowest BCUT2D eigenvalue weighted by Crippen LogP contribution is -2.44. The second kappa shape index (κ2) is 8.75. The lowest BCUT2D eigenvalue weighted by atomic mass is 10.2. The number of amides is 1. The molecule has 8 heteroatoms. The fourth-order valence-electron chi connectivity index (χ4n) is 3.22. The molecular formula is C22H24ClN3O4. The summed E-state index contributed by atoms with van der Waals surface area (Å²) in [5.41, 5.74) is -0.463. The van der Waals surface area contributed by atoms with E-state index in [1.54, 1.807) is 43.3 Å². The van der Waals surface area contributed by atoms with Gasteiger partial charge in [0.05, 0.1) is 23.7 Å². The van der Waals surface area contributed by atoms with Crippen molar-refractivity contribution in [3.8, 4) is 11.4 Å². The van der Waals surface area contributed by atoms with Gasteiger partial charge in [0.2, 0.25) is 5.91 Å². The van der Waals surface area contributed by atoms with Crippen LogP contribution in [0.3, 0.4) is 0 Å². The number of carbonyl (C=O) groups excluding carboxylic acids is 1. The molecule has 0 aliphatic rings. The fraction of sp³-hybridized carbons (Fsp3) is 0.318. The second-order valence-electron chi connectivity index (χ2n) is 7.47. The largest absolute Gasteiger partial charge is 0.497 e. The van der Waals surface area contributed by atoms with Gasteiger partial charge in [-0.1, -0.05) is 31.5 Å². The Morgan fingerprint density at radius 3 is 2.53 bits per heavy atom. The number of nitrogens with one attached hydrogen (secondary N) is 1. The molecule has 0 radical (unpaired) electrons. The molecule has 2 aromatic carbocycles. The van der Waals surface area contributed by atoms with Crippen molar-refractivity contribution in [2.24, 2.45) is 5.92 Å². The minimum absolute atomic E-state index is 0.259. The molecule has 1 aromatic heterocycles. The zero-order chi connectivity index (χ0) is 22.0. The fourth-order valence-corrected chi connectivity index (χ4v) is 3.39. The van der Waals surface area contributed by atoms with E-state index in [0.29, 0.717) is 28.5 Å². The van der Waals surface area contributed by atoms with Crippen molar-refractivity contribution >= 4 is 28.4 Å². The van der Waals surface area contributed by atoms with Crippen molar-refractivity contribution in [2.45, 2.75) is 26.8 Å². The lowest BCUT2D eigenvalue weighted by Gasteiger charge is -2.20. The van der Waals surface area contributed by atoms with Gasteiger partial charge in [0.15, 0.2) is 0 Å². The number of ether oxygens (including phenoxy) is 1. The van der Waals surface area contributed by atoms with Gasteiger partial charge < -0.3 is 10.1 Å². The molecule has 158 valence electrons. The number of fused-ring (bicyclic) bond motifs is 1. The van der Waals surface area contributed by atoms with Crippen LogP contribution in [0.1, 0.15) is 26.8 Å². The van der Waals surface area contributed by atoms with E-state index in [1.165, 1.54) is 17.7 Å². The van der Waals surface area contributed by atoms with Crippen LogP contribution in [-0.4, -0.2) is 28.7 Å². The van der Waals surface area contributed by atoms with E-state index >= 15 is 0 Å². The van der Waals surface area contributed by atoms with Crippen LogP contribution in [-0.2, 0) is 4.79 Å². The van der Waals surface area contributed by atoms with Crippen molar-refractivity contribution in [3.05, 3.63) is 68.3 Å². The van der Waals surface area contributed by atoms with Crippen LogP contribution in [0.2, 0.25) is 5.02 Å². The smallest absolute Gasteiger partial charge is 0.336 e. The Kier molecular flexibility index (Phi) is 6.31. The first kappa shape index (κ1) is 21.6. The summed E-state index contributed by atoms with van der Waals surface area (Å²) in [6.07, 6.45) is 0. The third-order valence-electron chi connectivity index (χ3n) is 4.81. The van der Waals surface area contributed by atoms with Gasteiger partial charge in [-0.25, -0.2) is 9.36 Å². The number of methoxy groups -OCH3 is 1. The number of aromatic nitrogens is 2. The van der Waals surface area contributed by atoms with Gasteiger partial charge >= 0.3 is 5.69 Å². The number of halogens is 1. The number of benzene rings is 2. The molecule has 1 amide bonds. The summed E-state index contributed by atoms with van der Waals surface area (Å²) in [6, 6.07) is 10.5. The van der Waals surface area contributed by atoms with Crippen LogP contribution in [0.4, 0.5) is 0 Å². The number of hydrogen-bond acceptors (Lipinski definition) is 4. The van der Waals surface area contributed by atoms with Crippen molar-refractivity contribution in [3.63, 3.8) is 0 Å². The Morgan fingerprint density at radius 2 is 1.87 bits per heavy atom. The first-order valence-corrected chi connectivity index (χ1v) is 10.0. The quantitative estimate of drug-likeness (QED) is 0.652. The topological polar surface area (TPSA) is 82.3 Å². The van der Waals surface area contributed by atoms with E-state index < -0.39 is 17.3 Å². The van der Waals surface area contributed by atoms with Crippen molar-refractivity contribution < 1.29 is 9.53 Å². The van der Waals surface area contributed by atoms with E-state index in [0.717, 1.165) is 4.57 Å². The van der Waals surface area contributed by atoms with Crippen molar-refractivity contribution in [2.75, 3.05) is 13.7 Å². The number of hydrogen-bond donors (Lipinski definition) is 1. The summed E-state index contributed by atoms with van der Waals surface area (Å²) >= 11 is 6.14. The first-order chi connectivity index (χ1) is 14.2. The summed E-state index contributed by atoms with van der Waals surface area (Å²) in [5, 5.41) is 3.49. The van der Waals surface area contributed by atoms with Crippen molar-refractivity contribution in [1.29, 1.82) is 0 Å². The van der Waals surface area contributed by atoms with Crippen LogP contribution in [0.15, 0.2) is 52.1 Å². The Balaban J connectivity index is 2.30. The number of carbonyl (C=O) groups is 1. The zero-order valence-electron chi connectivity index (χ0n) is 17.3. The third kappa shape index (κ3) is 4.11. The van der Waals surface area contributed by atoms with Crippen LogP contribution in [0, 0.1) is 5.92 Å². The molecule has 3 aromatic rings. The molecule has 1 N–H and O–H groups in total.